The number of amides is 1. The van der Waals surface area contributed by atoms with Gasteiger partial charge in [-0.15, -0.1) is 0 Å². The van der Waals surface area contributed by atoms with Gasteiger partial charge in [0.1, 0.15) is 0 Å². The van der Waals surface area contributed by atoms with Gasteiger partial charge >= 0.3 is 0 Å². The summed E-state index contributed by atoms with van der Waals surface area (Å²) in [5.74, 6) is 0.441. The Morgan fingerprint density at radius 3 is 2.67 bits per heavy atom. The number of nitrogens with one attached hydrogen (secondary N) is 1. The highest BCUT2D eigenvalue weighted by atomic mass is 16.2. The van der Waals surface area contributed by atoms with Crippen molar-refractivity contribution in [3.8, 4) is 0 Å². The summed E-state index contributed by atoms with van der Waals surface area (Å²) in [6.07, 6.45) is 1.82. The number of nitrogens with zero attached hydrogens (tertiary/aromatic N) is 1. The minimum Gasteiger partial charge on any atom is -0.325 e. The fraction of sp³-hybridized carbons (Fsp3) is 0.500. The summed E-state index contributed by atoms with van der Waals surface area (Å²) in [5, 5.41) is 2.90. The van der Waals surface area contributed by atoms with E-state index >= 15 is 0 Å². The van der Waals surface area contributed by atoms with Gasteiger partial charge in [-0.1, -0.05) is 13.8 Å². The fourth-order valence-corrected chi connectivity index (χ4v) is 1.79. The van der Waals surface area contributed by atoms with Gasteiger partial charge in [0, 0.05) is 23.1 Å². The van der Waals surface area contributed by atoms with Crippen molar-refractivity contribution in [2.75, 3.05) is 5.32 Å². The number of hydrogen-bond donors (Lipinski definition) is 1. The van der Waals surface area contributed by atoms with Crippen LogP contribution in [0.3, 0.4) is 0 Å². The highest BCUT2D eigenvalue weighted by Gasteiger charge is 2.38. The molecule has 1 aliphatic rings. The average Bonchev–Trinajstić information content (AvgIpc) is 2.38. The third kappa shape index (κ3) is 1.42. The Hall–Kier alpha value is -1.38. The number of aromatic nitrogens is 1. The number of hydrogen-bond acceptors (Lipinski definition) is 2. The van der Waals surface area contributed by atoms with E-state index in [-0.39, 0.29) is 5.91 Å². The number of pyridine rings is 1. The maximum Gasteiger partial charge on any atom is 0.234 e. The average molecular weight is 204 g/mol. The van der Waals surface area contributed by atoms with Crippen LogP contribution in [0.5, 0.6) is 0 Å². The lowest BCUT2D eigenvalue weighted by atomic mass is 9.87. The van der Waals surface area contributed by atoms with Crippen LogP contribution in [-0.2, 0) is 10.2 Å². The van der Waals surface area contributed by atoms with E-state index in [1.54, 1.807) is 0 Å². The Bertz CT molecular complexity index is 422. The van der Waals surface area contributed by atoms with Gasteiger partial charge in [0.15, 0.2) is 0 Å². The molecule has 1 amide bonds. The Labute approximate surface area is 89.9 Å². The van der Waals surface area contributed by atoms with Crippen molar-refractivity contribution in [2.24, 2.45) is 0 Å². The second kappa shape index (κ2) is 3.05. The molecule has 0 aromatic carbocycles. The van der Waals surface area contributed by atoms with Crippen LogP contribution in [0.15, 0.2) is 12.3 Å². The Morgan fingerprint density at radius 2 is 2.07 bits per heavy atom. The molecule has 0 unspecified atom stereocenters. The van der Waals surface area contributed by atoms with Gasteiger partial charge in [0.2, 0.25) is 5.91 Å². The van der Waals surface area contributed by atoms with Gasteiger partial charge < -0.3 is 5.32 Å². The zero-order chi connectivity index (χ0) is 11.2. The second-order valence-corrected chi connectivity index (χ2v) is 4.89. The molecule has 80 valence electrons. The number of carbonyl (C=O) groups excluding carboxylic acids is 1. The summed E-state index contributed by atoms with van der Waals surface area (Å²) in [6.45, 7) is 8.03. The second-order valence-electron chi connectivity index (χ2n) is 4.89. The number of fused-ring (bicyclic) bond motifs is 1. The van der Waals surface area contributed by atoms with Crippen LogP contribution < -0.4 is 5.32 Å². The molecule has 3 heteroatoms. The van der Waals surface area contributed by atoms with Crippen LogP contribution in [0.25, 0.3) is 0 Å². The Morgan fingerprint density at radius 1 is 1.40 bits per heavy atom. The molecule has 2 rings (SSSR count). The van der Waals surface area contributed by atoms with E-state index in [1.807, 2.05) is 26.1 Å². The summed E-state index contributed by atoms with van der Waals surface area (Å²) in [4.78, 5) is 16.1. The first-order valence-corrected chi connectivity index (χ1v) is 5.25. The van der Waals surface area contributed by atoms with Crippen LogP contribution in [0.1, 0.15) is 44.9 Å². The summed E-state index contributed by atoms with van der Waals surface area (Å²) < 4.78 is 0. The van der Waals surface area contributed by atoms with Crippen LogP contribution in [-0.4, -0.2) is 10.9 Å². The highest BCUT2D eigenvalue weighted by molar-refractivity contribution is 6.05. The van der Waals surface area contributed by atoms with Crippen molar-refractivity contribution in [1.82, 2.24) is 4.98 Å². The van der Waals surface area contributed by atoms with Gasteiger partial charge in [-0.25, -0.2) is 0 Å². The molecule has 1 aromatic rings. The maximum atomic E-state index is 11.7. The Kier molecular flexibility index (Phi) is 2.07. The molecule has 0 fully saturated rings. The predicted octanol–water partition coefficient (Wildman–Crippen LogP) is 2.43. The molecule has 0 bridgehead atoms. The monoisotopic (exact) mass is 204 g/mol. The van der Waals surface area contributed by atoms with Crippen molar-refractivity contribution >= 4 is 11.6 Å². The van der Waals surface area contributed by atoms with Crippen molar-refractivity contribution in [3.05, 3.63) is 23.5 Å². The van der Waals surface area contributed by atoms with Gasteiger partial charge in [-0.05, 0) is 25.8 Å². The zero-order valence-electron chi connectivity index (χ0n) is 9.59. The summed E-state index contributed by atoms with van der Waals surface area (Å²) in [7, 11) is 0. The van der Waals surface area contributed by atoms with Crippen molar-refractivity contribution < 1.29 is 4.79 Å². The van der Waals surface area contributed by atoms with Crippen LogP contribution in [0, 0.1) is 0 Å². The Balaban J connectivity index is 2.51. The number of anilines is 1. The molecule has 2 heterocycles. The summed E-state index contributed by atoms with van der Waals surface area (Å²) in [5.41, 5.74) is 2.49. The quantitative estimate of drug-likeness (QED) is 0.763. The topological polar surface area (TPSA) is 42.0 Å². The molecule has 1 aliphatic heterocycles. The van der Waals surface area contributed by atoms with Crippen LogP contribution in [0.2, 0.25) is 0 Å². The van der Waals surface area contributed by atoms with Crippen molar-refractivity contribution in [2.45, 2.75) is 39.0 Å². The van der Waals surface area contributed by atoms with Gasteiger partial charge in [0.05, 0.1) is 5.41 Å². The van der Waals surface area contributed by atoms with E-state index in [1.165, 1.54) is 0 Å². The lowest BCUT2D eigenvalue weighted by Crippen LogP contribution is -2.26. The van der Waals surface area contributed by atoms with Gasteiger partial charge in [0.25, 0.3) is 0 Å². The van der Waals surface area contributed by atoms with E-state index < -0.39 is 5.41 Å². The number of rotatable bonds is 1. The fourth-order valence-electron chi connectivity index (χ4n) is 1.79. The molecule has 1 aromatic heterocycles. The first kappa shape index (κ1) is 10.1. The first-order chi connectivity index (χ1) is 6.93. The highest BCUT2D eigenvalue weighted by Crippen LogP contribution is 2.37. The third-order valence-electron chi connectivity index (χ3n) is 3.01. The molecule has 3 nitrogen and oxygen atoms in total. The smallest absolute Gasteiger partial charge is 0.234 e. The number of carbonyl (C=O) groups is 1. The van der Waals surface area contributed by atoms with E-state index in [2.05, 4.69) is 24.1 Å². The lowest BCUT2D eigenvalue weighted by Gasteiger charge is -2.14. The molecule has 0 radical (unpaired) electrons. The minimum atomic E-state index is -0.447. The SMILES string of the molecule is CC(C)c1cc2c(cn1)C(C)(C)C(=O)N2. The summed E-state index contributed by atoms with van der Waals surface area (Å²) in [6, 6.07) is 1.98. The molecule has 0 spiro atoms. The van der Waals surface area contributed by atoms with E-state index in [9.17, 15) is 4.79 Å². The van der Waals surface area contributed by atoms with Crippen molar-refractivity contribution in [1.29, 1.82) is 0 Å². The molecule has 0 aliphatic carbocycles. The maximum absolute atomic E-state index is 11.7. The zero-order valence-corrected chi connectivity index (χ0v) is 9.59. The van der Waals surface area contributed by atoms with Crippen LogP contribution in [0.4, 0.5) is 5.69 Å². The van der Waals surface area contributed by atoms with E-state index in [0.29, 0.717) is 5.92 Å². The minimum absolute atomic E-state index is 0.0557. The molecule has 0 saturated heterocycles. The molecular formula is C12H16N2O. The summed E-state index contributed by atoms with van der Waals surface area (Å²) >= 11 is 0. The van der Waals surface area contributed by atoms with Gasteiger partial charge in [-0.3, -0.25) is 9.78 Å². The third-order valence-corrected chi connectivity index (χ3v) is 3.01. The lowest BCUT2D eigenvalue weighted by molar-refractivity contribution is -0.119. The van der Waals surface area contributed by atoms with Crippen molar-refractivity contribution in [3.63, 3.8) is 0 Å². The van der Waals surface area contributed by atoms with Crippen LogP contribution >= 0.6 is 0 Å². The molecule has 0 saturated carbocycles. The largest absolute Gasteiger partial charge is 0.325 e. The molecule has 15 heavy (non-hydrogen) atoms. The molecule has 1 N–H and O–H groups in total. The van der Waals surface area contributed by atoms with Gasteiger partial charge in [-0.2, -0.15) is 0 Å². The normalized spacial score (nSPS) is 17.8. The van der Waals surface area contributed by atoms with E-state index in [0.717, 1.165) is 16.9 Å². The predicted molar refractivity (Wildman–Crippen MR) is 60.0 cm³/mol. The molecule has 0 atom stereocenters. The molecular weight excluding hydrogens is 188 g/mol. The standard InChI is InChI=1S/C12H16N2O/c1-7(2)9-5-10-8(6-13-9)12(3,4)11(15)14-10/h5-7H,1-4H3,(H,14,15). The first-order valence-electron chi connectivity index (χ1n) is 5.25. The van der Waals surface area contributed by atoms with E-state index in [4.69, 9.17) is 0 Å².